The van der Waals surface area contributed by atoms with Crippen LogP contribution in [0.15, 0.2) is 58.1 Å². The molecule has 5 nitrogen and oxygen atoms in total. The van der Waals surface area contributed by atoms with Crippen molar-refractivity contribution in [1.82, 2.24) is 9.47 Å². The van der Waals surface area contributed by atoms with Crippen molar-refractivity contribution in [1.29, 1.82) is 0 Å². The molecule has 0 saturated carbocycles. The highest BCUT2D eigenvalue weighted by atomic mass is 32.2. The van der Waals surface area contributed by atoms with Crippen LogP contribution in [-0.2, 0) is 11.3 Å². The van der Waals surface area contributed by atoms with Gasteiger partial charge >= 0.3 is 0 Å². The summed E-state index contributed by atoms with van der Waals surface area (Å²) in [4.78, 5) is 15.1. The summed E-state index contributed by atoms with van der Waals surface area (Å²) in [6.07, 6.45) is 3.51. The smallest absolute Gasteiger partial charge is 0.266 e. The lowest BCUT2D eigenvalue weighted by molar-refractivity contribution is -0.122. The standard InChI is InChI=1S/C22H20N2O3S2/c1-14-11-16(15(2)24(14)17-6-8-18(26-3)9-7-17)12-20-21(25)23(22(28)29-20)13-19-5-4-10-27-19/h4-12H,13H2,1-3H3/b20-12+. The van der Waals surface area contributed by atoms with E-state index in [1.165, 1.54) is 11.8 Å². The zero-order chi connectivity index (χ0) is 20.5. The van der Waals surface area contributed by atoms with Crippen molar-refractivity contribution >= 4 is 40.3 Å². The van der Waals surface area contributed by atoms with Crippen molar-refractivity contribution in [3.8, 4) is 11.4 Å². The predicted molar refractivity (Wildman–Crippen MR) is 119 cm³/mol. The van der Waals surface area contributed by atoms with Crippen molar-refractivity contribution < 1.29 is 13.9 Å². The monoisotopic (exact) mass is 424 g/mol. The molecule has 0 bridgehead atoms. The molecule has 1 fully saturated rings. The molecule has 148 valence electrons. The number of thiocarbonyl (C=S) groups is 1. The number of benzene rings is 1. The molecule has 7 heteroatoms. The third-order valence-electron chi connectivity index (χ3n) is 4.86. The lowest BCUT2D eigenvalue weighted by Crippen LogP contribution is -2.27. The summed E-state index contributed by atoms with van der Waals surface area (Å²) < 4.78 is 13.3. The Morgan fingerprint density at radius 1 is 1.21 bits per heavy atom. The Hall–Kier alpha value is -2.77. The number of amides is 1. The fourth-order valence-corrected chi connectivity index (χ4v) is 4.64. The molecule has 1 saturated heterocycles. The Morgan fingerprint density at radius 3 is 2.62 bits per heavy atom. The molecule has 1 aliphatic rings. The number of ether oxygens (including phenoxy) is 1. The van der Waals surface area contributed by atoms with E-state index < -0.39 is 0 Å². The highest BCUT2D eigenvalue weighted by molar-refractivity contribution is 8.26. The topological polar surface area (TPSA) is 47.6 Å². The van der Waals surface area contributed by atoms with Crippen LogP contribution in [0.5, 0.6) is 5.75 Å². The first kappa shape index (κ1) is 19.5. The Balaban J connectivity index is 1.63. The van der Waals surface area contributed by atoms with E-state index in [9.17, 15) is 4.79 Å². The minimum absolute atomic E-state index is 0.0920. The maximum Gasteiger partial charge on any atom is 0.266 e. The molecule has 0 radical (unpaired) electrons. The summed E-state index contributed by atoms with van der Waals surface area (Å²) in [5.74, 6) is 1.43. The van der Waals surface area contributed by atoms with Gasteiger partial charge in [0.05, 0.1) is 24.8 Å². The van der Waals surface area contributed by atoms with Crippen LogP contribution in [0, 0.1) is 13.8 Å². The zero-order valence-corrected chi connectivity index (χ0v) is 18.0. The molecule has 0 N–H and O–H groups in total. The number of hydrogen-bond acceptors (Lipinski definition) is 5. The molecule has 29 heavy (non-hydrogen) atoms. The number of carbonyl (C=O) groups is 1. The van der Waals surface area contributed by atoms with Gasteiger partial charge in [0.25, 0.3) is 5.91 Å². The third kappa shape index (κ3) is 3.75. The van der Waals surface area contributed by atoms with Gasteiger partial charge in [0, 0.05) is 17.1 Å². The van der Waals surface area contributed by atoms with Crippen molar-refractivity contribution in [3.05, 3.63) is 76.3 Å². The van der Waals surface area contributed by atoms with Crippen molar-refractivity contribution in [2.45, 2.75) is 20.4 Å². The molecule has 0 atom stereocenters. The van der Waals surface area contributed by atoms with Gasteiger partial charge in [-0.1, -0.05) is 24.0 Å². The van der Waals surface area contributed by atoms with Gasteiger partial charge < -0.3 is 13.7 Å². The fraction of sp³-hybridized carbons (Fsp3) is 0.182. The van der Waals surface area contributed by atoms with Crippen LogP contribution in [-0.4, -0.2) is 26.8 Å². The van der Waals surface area contributed by atoms with Gasteiger partial charge in [-0.2, -0.15) is 0 Å². The molecule has 0 unspecified atom stereocenters. The average Bonchev–Trinajstić information content (AvgIpc) is 3.39. The highest BCUT2D eigenvalue weighted by Crippen LogP contribution is 2.35. The molecule has 3 heterocycles. The number of aromatic nitrogens is 1. The van der Waals surface area contributed by atoms with Crippen LogP contribution >= 0.6 is 24.0 Å². The molecule has 0 spiro atoms. The normalized spacial score (nSPS) is 15.6. The number of thioether (sulfide) groups is 1. The van der Waals surface area contributed by atoms with E-state index in [1.807, 2.05) is 43.3 Å². The van der Waals surface area contributed by atoms with Gasteiger partial charge in [0.15, 0.2) is 0 Å². The number of methoxy groups -OCH3 is 1. The average molecular weight is 425 g/mol. The second-order valence-electron chi connectivity index (χ2n) is 6.71. The van der Waals surface area contributed by atoms with Gasteiger partial charge in [-0.25, -0.2) is 0 Å². The second kappa shape index (κ2) is 7.93. The predicted octanol–water partition coefficient (Wildman–Crippen LogP) is 5.10. The molecular formula is C22H20N2O3S2. The second-order valence-corrected chi connectivity index (χ2v) is 8.38. The minimum Gasteiger partial charge on any atom is -0.497 e. The lowest BCUT2D eigenvalue weighted by atomic mass is 10.2. The number of rotatable bonds is 5. The van der Waals surface area contributed by atoms with Gasteiger partial charge in [0.1, 0.15) is 15.8 Å². The Labute approximate surface area is 178 Å². The number of hydrogen-bond donors (Lipinski definition) is 0. The maximum absolute atomic E-state index is 12.9. The number of furan rings is 1. The van der Waals surface area contributed by atoms with Crippen molar-refractivity contribution in [2.24, 2.45) is 0 Å². The Morgan fingerprint density at radius 2 is 1.97 bits per heavy atom. The first-order chi connectivity index (χ1) is 14.0. The summed E-state index contributed by atoms with van der Waals surface area (Å²) in [5, 5.41) is 0. The van der Waals surface area contributed by atoms with Crippen LogP contribution < -0.4 is 4.74 Å². The van der Waals surface area contributed by atoms with Crippen LogP contribution in [0.1, 0.15) is 22.7 Å². The molecule has 4 rings (SSSR count). The van der Waals surface area contributed by atoms with Gasteiger partial charge in [0.2, 0.25) is 0 Å². The summed E-state index contributed by atoms with van der Waals surface area (Å²) in [6, 6.07) is 13.6. The van der Waals surface area contributed by atoms with E-state index in [4.69, 9.17) is 21.4 Å². The first-order valence-corrected chi connectivity index (χ1v) is 10.3. The number of aryl methyl sites for hydroxylation is 1. The fourth-order valence-electron chi connectivity index (χ4n) is 3.40. The van der Waals surface area contributed by atoms with Gasteiger partial charge in [-0.3, -0.25) is 9.69 Å². The Kier molecular flexibility index (Phi) is 5.34. The van der Waals surface area contributed by atoms with Crippen molar-refractivity contribution in [2.75, 3.05) is 7.11 Å². The molecule has 1 aliphatic heterocycles. The maximum atomic E-state index is 12.9. The van der Waals surface area contributed by atoms with E-state index in [1.54, 1.807) is 24.3 Å². The summed E-state index contributed by atoms with van der Waals surface area (Å²) in [5.41, 5.74) is 4.19. The quantitative estimate of drug-likeness (QED) is 0.421. The van der Waals surface area contributed by atoms with Crippen LogP contribution in [0.4, 0.5) is 0 Å². The highest BCUT2D eigenvalue weighted by Gasteiger charge is 2.32. The summed E-state index contributed by atoms with van der Waals surface area (Å²) in [7, 11) is 1.65. The Bertz CT molecular complexity index is 1100. The zero-order valence-electron chi connectivity index (χ0n) is 16.3. The summed E-state index contributed by atoms with van der Waals surface area (Å²) >= 11 is 6.74. The van der Waals surface area contributed by atoms with Gasteiger partial charge in [-0.15, -0.1) is 0 Å². The largest absolute Gasteiger partial charge is 0.497 e. The number of nitrogens with zero attached hydrogens (tertiary/aromatic N) is 2. The molecule has 1 amide bonds. The molecule has 2 aromatic heterocycles. The summed E-state index contributed by atoms with van der Waals surface area (Å²) in [6.45, 7) is 4.45. The van der Waals surface area contributed by atoms with Gasteiger partial charge in [-0.05, 0) is 68.0 Å². The van der Waals surface area contributed by atoms with Crippen LogP contribution in [0.25, 0.3) is 11.8 Å². The van der Waals surface area contributed by atoms with E-state index in [2.05, 4.69) is 17.6 Å². The molecule has 3 aromatic rings. The lowest BCUT2D eigenvalue weighted by Gasteiger charge is -2.12. The van der Waals surface area contributed by atoms with E-state index in [0.29, 0.717) is 21.5 Å². The van der Waals surface area contributed by atoms with Crippen LogP contribution in [0.2, 0.25) is 0 Å². The third-order valence-corrected chi connectivity index (χ3v) is 6.23. The van der Waals surface area contributed by atoms with E-state index in [-0.39, 0.29) is 5.91 Å². The first-order valence-electron chi connectivity index (χ1n) is 9.09. The van der Waals surface area contributed by atoms with Crippen molar-refractivity contribution in [3.63, 3.8) is 0 Å². The minimum atomic E-state index is -0.0920. The van der Waals surface area contributed by atoms with E-state index in [0.717, 1.165) is 28.4 Å². The van der Waals surface area contributed by atoms with Crippen LogP contribution in [0.3, 0.4) is 0 Å². The molecule has 1 aromatic carbocycles. The number of carbonyl (C=O) groups excluding carboxylic acids is 1. The molecule has 0 aliphatic carbocycles. The SMILES string of the molecule is COc1ccc(-n2c(C)cc(/C=C3/SC(=S)N(Cc4ccco4)C3=O)c2C)cc1. The van der Waals surface area contributed by atoms with E-state index >= 15 is 0 Å². The molecular weight excluding hydrogens is 404 g/mol.